The Morgan fingerprint density at radius 1 is 1.08 bits per heavy atom. The van der Waals surface area contributed by atoms with Gasteiger partial charge in [0.25, 0.3) is 0 Å². The molecule has 0 bridgehead atoms. The highest BCUT2D eigenvalue weighted by Gasteiger charge is 2.22. The fourth-order valence-electron chi connectivity index (χ4n) is 3.75. The maximum absolute atomic E-state index is 14.2. The number of fused-ring (bicyclic) bond motifs is 1. The molecule has 24 heavy (non-hydrogen) atoms. The summed E-state index contributed by atoms with van der Waals surface area (Å²) in [5.74, 6) is 0.320. The standard InChI is InChI=1S/C22H24FN/c1-2-3-16-4-6-17(7-5-16)8-9-18-10-13-21-19(14-18)11-12-20(15-24)22(21)23/h4-7,11-12,18H,2-3,8-10,13-14H2,1H3. The minimum atomic E-state index is -0.292. The number of nitriles is 1. The fraction of sp³-hybridized carbons (Fsp3) is 0.409. The van der Waals surface area contributed by atoms with Gasteiger partial charge in [0.2, 0.25) is 0 Å². The molecule has 0 fully saturated rings. The van der Waals surface area contributed by atoms with Gasteiger partial charge in [0.1, 0.15) is 11.9 Å². The summed E-state index contributed by atoms with van der Waals surface area (Å²) < 4.78 is 14.2. The van der Waals surface area contributed by atoms with Crippen molar-refractivity contribution in [3.05, 3.63) is 70.0 Å². The van der Waals surface area contributed by atoms with Crippen molar-refractivity contribution in [3.63, 3.8) is 0 Å². The van der Waals surface area contributed by atoms with Crippen LogP contribution in [-0.2, 0) is 25.7 Å². The third-order valence-corrected chi connectivity index (χ3v) is 5.17. The van der Waals surface area contributed by atoms with Crippen LogP contribution < -0.4 is 0 Å². The summed E-state index contributed by atoms with van der Waals surface area (Å²) in [4.78, 5) is 0. The first-order chi connectivity index (χ1) is 11.7. The lowest BCUT2D eigenvalue weighted by Crippen LogP contribution is -2.17. The van der Waals surface area contributed by atoms with E-state index in [0.29, 0.717) is 5.92 Å². The van der Waals surface area contributed by atoms with Crippen molar-refractivity contribution < 1.29 is 4.39 Å². The molecule has 1 unspecified atom stereocenters. The van der Waals surface area contributed by atoms with E-state index in [4.69, 9.17) is 5.26 Å². The summed E-state index contributed by atoms with van der Waals surface area (Å²) in [6.07, 6.45) is 7.29. The highest BCUT2D eigenvalue weighted by molar-refractivity contribution is 5.41. The fourth-order valence-corrected chi connectivity index (χ4v) is 3.75. The van der Waals surface area contributed by atoms with E-state index < -0.39 is 0 Å². The molecule has 2 aromatic rings. The molecule has 0 aromatic heterocycles. The van der Waals surface area contributed by atoms with Crippen LogP contribution in [0.4, 0.5) is 4.39 Å². The van der Waals surface area contributed by atoms with Crippen molar-refractivity contribution in [3.8, 4) is 6.07 Å². The van der Waals surface area contributed by atoms with E-state index in [1.54, 1.807) is 6.07 Å². The maximum atomic E-state index is 14.2. The molecule has 1 aliphatic carbocycles. The van der Waals surface area contributed by atoms with E-state index in [9.17, 15) is 4.39 Å². The van der Waals surface area contributed by atoms with Crippen LogP contribution in [0.5, 0.6) is 0 Å². The van der Waals surface area contributed by atoms with Crippen LogP contribution >= 0.6 is 0 Å². The summed E-state index contributed by atoms with van der Waals surface area (Å²) in [6.45, 7) is 2.21. The Balaban J connectivity index is 1.60. The van der Waals surface area contributed by atoms with Gasteiger partial charge in [-0.2, -0.15) is 5.26 Å². The molecule has 1 aliphatic rings. The predicted molar refractivity (Wildman–Crippen MR) is 95.4 cm³/mol. The van der Waals surface area contributed by atoms with Gasteiger partial charge >= 0.3 is 0 Å². The molecule has 0 aliphatic heterocycles. The zero-order chi connectivity index (χ0) is 16.9. The van der Waals surface area contributed by atoms with Crippen molar-refractivity contribution in [2.45, 2.75) is 51.9 Å². The Morgan fingerprint density at radius 3 is 2.46 bits per heavy atom. The van der Waals surface area contributed by atoms with Gasteiger partial charge in [0.15, 0.2) is 0 Å². The summed E-state index contributed by atoms with van der Waals surface area (Å²) in [7, 11) is 0. The summed E-state index contributed by atoms with van der Waals surface area (Å²) in [5.41, 5.74) is 4.86. The minimum Gasteiger partial charge on any atom is -0.205 e. The molecular formula is C22H24FN. The Hall–Kier alpha value is -2.14. The first-order valence-electron chi connectivity index (χ1n) is 8.99. The first-order valence-corrected chi connectivity index (χ1v) is 8.99. The molecule has 124 valence electrons. The van der Waals surface area contributed by atoms with E-state index in [-0.39, 0.29) is 11.4 Å². The van der Waals surface area contributed by atoms with Crippen molar-refractivity contribution in [2.24, 2.45) is 5.92 Å². The van der Waals surface area contributed by atoms with E-state index in [2.05, 4.69) is 31.2 Å². The van der Waals surface area contributed by atoms with Crippen LogP contribution in [0.1, 0.15) is 54.0 Å². The zero-order valence-corrected chi connectivity index (χ0v) is 14.3. The lowest BCUT2D eigenvalue weighted by atomic mass is 9.80. The van der Waals surface area contributed by atoms with Crippen molar-refractivity contribution >= 4 is 0 Å². The Kier molecular flexibility index (Phi) is 5.30. The van der Waals surface area contributed by atoms with Gasteiger partial charge in [-0.3, -0.25) is 0 Å². The van der Waals surface area contributed by atoms with Crippen LogP contribution in [0, 0.1) is 23.1 Å². The topological polar surface area (TPSA) is 23.8 Å². The molecule has 0 N–H and O–H groups in total. The van der Waals surface area contributed by atoms with E-state index in [1.807, 2.05) is 12.1 Å². The molecule has 3 rings (SSSR count). The second-order valence-electron chi connectivity index (χ2n) is 6.89. The maximum Gasteiger partial charge on any atom is 0.144 e. The number of hydrogen-bond acceptors (Lipinski definition) is 1. The highest BCUT2D eigenvalue weighted by atomic mass is 19.1. The summed E-state index contributed by atoms with van der Waals surface area (Å²) >= 11 is 0. The van der Waals surface area contributed by atoms with Crippen molar-refractivity contribution in [1.29, 1.82) is 5.26 Å². The van der Waals surface area contributed by atoms with Crippen LogP contribution in [0.15, 0.2) is 36.4 Å². The molecule has 0 amide bonds. The van der Waals surface area contributed by atoms with Crippen molar-refractivity contribution in [2.75, 3.05) is 0 Å². The predicted octanol–water partition coefficient (Wildman–Crippen LogP) is 5.39. The van der Waals surface area contributed by atoms with E-state index in [0.717, 1.165) is 49.7 Å². The molecule has 0 heterocycles. The number of aryl methyl sites for hydroxylation is 2. The Labute approximate surface area is 144 Å². The molecule has 0 saturated heterocycles. The average Bonchev–Trinajstić information content (AvgIpc) is 2.62. The molecule has 1 atom stereocenters. The van der Waals surface area contributed by atoms with Crippen LogP contribution in [0.2, 0.25) is 0 Å². The summed E-state index contributed by atoms with van der Waals surface area (Å²) in [5, 5.41) is 8.95. The second kappa shape index (κ2) is 7.62. The molecular weight excluding hydrogens is 297 g/mol. The Morgan fingerprint density at radius 2 is 1.79 bits per heavy atom. The smallest absolute Gasteiger partial charge is 0.144 e. The number of halogens is 1. The van der Waals surface area contributed by atoms with Gasteiger partial charge in [-0.15, -0.1) is 0 Å². The van der Waals surface area contributed by atoms with Gasteiger partial charge in [-0.05, 0) is 72.8 Å². The van der Waals surface area contributed by atoms with Crippen LogP contribution in [-0.4, -0.2) is 0 Å². The molecule has 0 radical (unpaired) electrons. The van der Waals surface area contributed by atoms with Gasteiger partial charge in [0.05, 0.1) is 5.56 Å². The quantitative estimate of drug-likeness (QED) is 0.724. The molecule has 0 spiro atoms. The average molecular weight is 321 g/mol. The zero-order valence-electron chi connectivity index (χ0n) is 14.3. The Bertz CT molecular complexity index is 740. The second-order valence-corrected chi connectivity index (χ2v) is 6.89. The van der Waals surface area contributed by atoms with Gasteiger partial charge < -0.3 is 0 Å². The highest BCUT2D eigenvalue weighted by Crippen LogP contribution is 2.31. The number of rotatable bonds is 5. The van der Waals surface area contributed by atoms with Gasteiger partial charge in [-0.25, -0.2) is 4.39 Å². The number of benzene rings is 2. The molecule has 0 saturated carbocycles. The molecule has 2 heteroatoms. The largest absolute Gasteiger partial charge is 0.205 e. The normalized spacial score (nSPS) is 16.5. The van der Waals surface area contributed by atoms with E-state index >= 15 is 0 Å². The third-order valence-electron chi connectivity index (χ3n) is 5.17. The van der Waals surface area contributed by atoms with E-state index in [1.165, 1.54) is 17.5 Å². The lowest BCUT2D eigenvalue weighted by molar-refractivity contribution is 0.418. The van der Waals surface area contributed by atoms with Gasteiger partial charge in [-0.1, -0.05) is 43.7 Å². The van der Waals surface area contributed by atoms with Crippen LogP contribution in [0.25, 0.3) is 0 Å². The lowest BCUT2D eigenvalue weighted by Gasteiger charge is -2.25. The molecule has 2 aromatic carbocycles. The monoisotopic (exact) mass is 321 g/mol. The first kappa shape index (κ1) is 16.7. The summed E-state index contributed by atoms with van der Waals surface area (Å²) in [6, 6.07) is 14.5. The van der Waals surface area contributed by atoms with Gasteiger partial charge in [0, 0.05) is 0 Å². The SMILES string of the molecule is CCCc1ccc(CCC2CCc3c(ccc(C#N)c3F)C2)cc1. The molecule has 1 nitrogen and oxygen atoms in total. The number of nitrogens with zero attached hydrogens (tertiary/aromatic N) is 1. The third kappa shape index (κ3) is 3.67. The number of hydrogen-bond donors (Lipinski definition) is 0. The van der Waals surface area contributed by atoms with Crippen molar-refractivity contribution in [1.82, 2.24) is 0 Å². The minimum absolute atomic E-state index is 0.180. The van der Waals surface area contributed by atoms with Crippen LogP contribution in [0.3, 0.4) is 0 Å².